The molecule has 0 saturated heterocycles. The third kappa shape index (κ3) is 4.48. The molecule has 1 aliphatic carbocycles. The van der Waals surface area contributed by atoms with Crippen LogP contribution < -0.4 is 0 Å². The first-order valence-electron chi connectivity index (χ1n) is 7.75. The summed E-state index contributed by atoms with van der Waals surface area (Å²) in [6.45, 7) is 9.31. The zero-order valence-electron chi connectivity index (χ0n) is 12.7. The Morgan fingerprint density at radius 1 is 1.17 bits per heavy atom. The molecule has 18 heavy (non-hydrogen) atoms. The molecule has 0 aromatic rings. The second-order valence-corrected chi connectivity index (χ2v) is 5.81. The van der Waals surface area contributed by atoms with Crippen LogP contribution in [0.1, 0.15) is 59.8 Å². The standard InChI is InChI=1S/C18H30/c1-5-7-11-16-12-9-10-14-18(16)17(15(3)4)13-8-6-2/h9-12,14-15,17-18H,5-8,13H2,1-4H3/b16-11-/t17-,18?/m1/s1. The monoisotopic (exact) mass is 246 g/mol. The Balaban J connectivity index is 2.80. The summed E-state index contributed by atoms with van der Waals surface area (Å²) in [6.07, 6.45) is 18.1. The van der Waals surface area contributed by atoms with Gasteiger partial charge in [-0.05, 0) is 30.3 Å². The van der Waals surface area contributed by atoms with Crippen LogP contribution in [-0.4, -0.2) is 0 Å². The molecule has 1 rings (SSSR count). The molecule has 0 fully saturated rings. The smallest absolute Gasteiger partial charge is 0.00486 e. The van der Waals surface area contributed by atoms with Crippen LogP contribution in [0, 0.1) is 17.8 Å². The maximum absolute atomic E-state index is 2.45. The van der Waals surface area contributed by atoms with Crippen LogP contribution in [0.5, 0.6) is 0 Å². The molecule has 0 radical (unpaired) electrons. The molecule has 2 atom stereocenters. The zero-order valence-corrected chi connectivity index (χ0v) is 12.7. The van der Waals surface area contributed by atoms with Gasteiger partial charge in [-0.15, -0.1) is 0 Å². The van der Waals surface area contributed by atoms with Gasteiger partial charge >= 0.3 is 0 Å². The molecular weight excluding hydrogens is 216 g/mol. The van der Waals surface area contributed by atoms with Gasteiger partial charge in [-0.2, -0.15) is 0 Å². The highest BCUT2D eigenvalue weighted by atomic mass is 14.3. The van der Waals surface area contributed by atoms with E-state index in [1.807, 2.05) is 0 Å². The van der Waals surface area contributed by atoms with E-state index in [0.717, 1.165) is 11.8 Å². The molecule has 0 heteroatoms. The summed E-state index contributed by atoms with van der Waals surface area (Å²) in [6, 6.07) is 0. The molecule has 0 aromatic heterocycles. The van der Waals surface area contributed by atoms with E-state index in [-0.39, 0.29) is 0 Å². The van der Waals surface area contributed by atoms with Crippen LogP contribution in [0.4, 0.5) is 0 Å². The average molecular weight is 246 g/mol. The number of allylic oxidation sites excluding steroid dienone is 6. The lowest BCUT2D eigenvalue weighted by Crippen LogP contribution is -2.21. The summed E-state index contributed by atoms with van der Waals surface area (Å²) in [4.78, 5) is 0. The van der Waals surface area contributed by atoms with Gasteiger partial charge in [-0.3, -0.25) is 0 Å². The average Bonchev–Trinajstić information content (AvgIpc) is 2.37. The first-order chi connectivity index (χ1) is 8.70. The van der Waals surface area contributed by atoms with Crippen LogP contribution in [0.2, 0.25) is 0 Å². The zero-order chi connectivity index (χ0) is 13.4. The highest BCUT2D eigenvalue weighted by molar-refractivity contribution is 5.33. The molecule has 0 saturated carbocycles. The van der Waals surface area contributed by atoms with Crippen LogP contribution >= 0.6 is 0 Å². The minimum absolute atomic E-state index is 0.646. The molecule has 0 nitrogen and oxygen atoms in total. The minimum Gasteiger partial charge on any atom is -0.0807 e. The molecule has 0 spiro atoms. The summed E-state index contributed by atoms with van der Waals surface area (Å²) in [5.74, 6) is 2.21. The Morgan fingerprint density at radius 2 is 1.94 bits per heavy atom. The number of rotatable bonds is 7. The normalized spacial score (nSPS) is 22.9. The number of hydrogen-bond acceptors (Lipinski definition) is 0. The molecule has 0 bridgehead atoms. The van der Waals surface area contributed by atoms with Crippen molar-refractivity contribution < 1.29 is 0 Å². The minimum atomic E-state index is 0.646. The van der Waals surface area contributed by atoms with Crippen molar-refractivity contribution in [3.63, 3.8) is 0 Å². The van der Waals surface area contributed by atoms with E-state index in [1.165, 1.54) is 32.1 Å². The van der Waals surface area contributed by atoms with Gasteiger partial charge < -0.3 is 0 Å². The Hall–Kier alpha value is -0.780. The molecule has 1 unspecified atom stereocenters. The van der Waals surface area contributed by atoms with Gasteiger partial charge in [0.1, 0.15) is 0 Å². The van der Waals surface area contributed by atoms with Crippen molar-refractivity contribution in [3.8, 4) is 0 Å². The third-order valence-corrected chi connectivity index (χ3v) is 3.98. The lowest BCUT2D eigenvalue weighted by molar-refractivity contribution is 0.297. The molecular formula is C18H30. The quantitative estimate of drug-likeness (QED) is 0.523. The molecule has 1 aliphatic rings. The first kappa shape index (κ1) is 15.3. The molecule has 0 amide bonds. The van der Waals surface area contributed by atoms with E-state index >= 15 is 0 Å². The predicted octanol–water partition coefficient (Wildman–Crippen LogP) is 5.92. The summed E-state index contributed by atoms with van der Waals surface area (Å²) in [5.41, 5.74) is 1.55. The molecule has 0 aromatic carbocycles. The van der Waals surface area contributed by atoms with E-state index in [0.29, 0.717) is 5.92 Å². The SMILES string of the molecule is CCC/C=C1/C=CC=CC1[C@H](CCCC)C(C)C. The molecule has 0 N–H and O–H groups in total. The van der Waals surface area contributed by atoms with Gasteiger partial charge in [0.05, 0.1) is 0 Å². The highest BCUT2D eigenvalue weighted by Crippen LogP contribution is 2.35. The van der Waals surface area contributed by atoms with Gasteiger partial charge in [0, 0.05) is 5.92 Å². The van der Waals surface area contributed by atoms with Gasteiger partial charge in [0.2, 0.25) is 0 Å². The Morgan fingerprint density at radius 3 is 2.56 bits per heavy atom. The first-order valence-corrected chi connectivity index (χ1v) is 7.75. The summed E-state index contributed by atoms with van der Waals surface area (Å²) in [7, 11) is 0. The van der Waals surface area contributed by atoms with Crippen LogP contribution in [0.3, 0.4) is 0 Å². The van der Waals surface area contributed by atoms with Crippen LogP contribution in [0.15, 0.2) is 36.0 Å². The molecule has 102 valence electrons. The van der Waals surface area contributed by atoms with Gasteiger partial charge in [-0.1, -0.05) is 77.3 Å². The maximum atomic E-state index is 2.45. The van der Waals surface area contributed by atoms with Crippen molar-refractivity contribution in [2.24, 2.45) is 17.8 Å². The maximum Gasteiger partial charge on any atom is 0.00486 e. The molecule has 0 heterocycles. The summed E-state index contributed by atoms with van der Waals surface area (Å²) in [5, 5.41) is 0. The van der Waals surface area contributed by atoms with E-state index < -0.39 is 0 Å². The lowest BCUT2D eigenvalue weighted by Gasteiger charge is -2.30. The predicted molar refractivity (Wildman–Crippen MR) is 82.6 cm³/mol. The largest absolute Gasteiger partial charge is 0.0807 e. The summed E-state index contributed by atoms with van der Waals surface area (Å²) >= 11 is 0. The van der Waals surface area contributed by atoms with E-state index in [9.17, 15) is 0 Å². The fourth-order valence-electron chi connectivity index (χ4n) is 2.85. The van der Waals surface area contributed by atoms with Crippen molar-refractivity contribution in [2.45, 2.75) is 59.8 Å². The van der Waals surface area contributed by atoms with Crippen molar-refractivity contribution >= 4 is 0 Å². The fraction of sp³-hybridized carbons (Fsp3) is 0.667. The Labute approximate surface area is 114 Å². The van der Waals surface area contributed by atoms with Crippen molar-refractivity contribution in [3.05, 3.63) is 36.0 Å². The van der Waals surface area contributed by atoms with E-state index in [2.05, 4.69) is 58.1 Å². The second-order valence-electron chi connectivity index (χ2n) is 5.81. The number of unbranched alkanes of at least 4 members (excludes halogenated alkanes) is 2. The molecule has 0 aliphatic heterocycles. The van der Waals surface area contributed by atoms with Gasteiger partial charge in [0.25, 0.3) is 0 Å². The van der Waals surface area contributed by atoms with Crippen molar-refractivity contribution in [2.75, 3.05) is 0 Å². The van der Waals surface area contributed by atoms with E-state index in [1.54, 1.807) is 5.57 Å². The van der Waals surface area contributed by atoms with Gasteiger partial charge in [0.15, 0.2) is 0 Å². The Bertz CT molecular complexity index is 304. The summed E-state index contributed by atoms with van der Waals surface area (Å²) < 4.78 is 0. The van der Waals surface area contributed by atoms with Crippen LogP contribution in [0.25, 0.3) is 0 Å². The Kier molecular flexibility index (Phi) is 7.08. The van der Waals surface area contributed by atoms with E-state index in [4.69, 9.17) is 0 Å². The van der Waals surface area contributed by atoms with Crippen molar-refractivity contribution in [1.82, 2.24) is 0 Å². The van der Waals surface area contributed by atoms with Gasteiger partial charge in [-0.25, -0.2) is 0 Å². The fourth-order valence-corrected chi connectivity index (χ4v) is 2.85. The lowest BCUT2D eigenvalue weighted by atomic mass is 9.74. The number of hydrogen-bond donors (Lipinski definition) is 0. The topological polar surface area (TPSA) is 0 Å². The third-order valence-electron chi connectivity index (χ3n) is 3.98. The van der Waals surface area contributed by atoms with Crippen LogP contribution in [-0.2, 0) is 0 Å². The highest BCUT2D eigenvalue weighted by Gasteiger charge is 2.24. The second kappa shape index (κ2) is 8.34. The van der Waals surface area contributed by atoms with Crippen molar-refractivity contribution in [1.29, 1.82) is 0 Å².